The standard InChI is InChI=1S/C77H103N13O14/c1-47(2)40-60-73(100)86(11)58(41-52-28-18-14-19-29-52)68(95)78-46-65(93)85(10)61(43-54-32-22-16-23-33-54)72(99)84(9)50(6)67(94)82-77(51(7)104-77)76(103)80-56(45-64(92)83(8)39-36-63(91)81-66(48(3)4)75(102)88(60)13)71(98)87(12)62-44-55-34-24-25-35-57(55)90(74(62)101)59(42-53-30-20-15-21-31-53)69(96)79-49(5)70(97)89-37-26-17-27-38-89/h14-16,18-25,28-35,47-51,56,58-62,66H,17,26-27,36-46H2,1-13H3,(H,78,95)(H,79,96)(H,80,103)(H,81,91)(H,82,94)/t49-,50-,51?,56?,58?,59-,60-,61?,62-,66?,77+/m0/s1. The van der Waals surface area contributed by atoms with Crippen molar-refractivity contribution in [1.29, 1.82) is 0 Å². The number of likely N-dealkylation sites (tertiary alicyclic amines) is 1. The van der Waals surface area contributed by atoms with Gasteiger partial charge in [0.2, 0.25) is 70.7 Å². The predicted molar refractivity (Wildman–Crippen MR) is 388 cm³/mol. The SMILES string of the molecule is CC(C)C[C@H]1C(=O)N(C)C(Cc2ccccc2)C(=O)NCC(=O)N(C)C(Cc2ccccc2)C(=O)N(C)[C@@H](C)C(=O)N[C@]2(OC2C)C(=O)NC(C(=O)N(C)[C@H]2Cc3ccccc3N([C@@H](Cc3ccccc3)C(=O)N[C@@H](C)C(=O)N3CCCCC3)C2=O)CC(=O)N(C)CCC(=O)NC(C(C)C)C(=O)N1C. The van der Waals surface area contributed by atoms with Crippen molar-refractivity contribution in [3.8, 4) is 0 Å². The Morgan fingerprint density at radius 1 is 0.606 bits per heavy atom. The highest BCUT2D eigenvalue weighted by molar-refractivity contribution is 6.08. The molecule has 27 heteroatoms. The van der Waals surface area contributed by atoms with E-state index in [1.165, 1.54) is 70.8 Å². The van der Waals surface area contributed by atoms with E-state index in [9.17, 15) is 38.4 Å². The van der Waals surface area contributed by atoms with Crippen molar-refractivity contribution in [2.75, 3.05) is 73.4 Å². The summed E-state index contributed by atoms with van der Waals surface area (Å²) in [4.78, 5) is 203. The second kappa shape index (κ2) is 35.4. The van der Waals surface area contributed by atoms with Gasteiger partial charge in [0.25, 0.3) is 11.8 Å². The summed E-state index contributed by atoms with van der Waals surface area (Å²) in [6, 6.07) is 21.8. The predicted octanol–water partition coefficient (Wildman–Crippen LogP) is 2.62. The van der Waals surface area contributed by atoms with Crippen molar-refractivity contribution in [3.05, 3.63) is 138 Å². The largest absolute Gasteiger partial charge is 0.345 e. The molecule has 0 bridgehead atoms. The number of amides is 13. The monoisotopic (exact) mass is 1430 g/mol. The lowest BCUT2D eigenvalue weighted by Crippen LogP contribution is -2.64. The van der Waals surface area contributed by atoms with Crippen molar-refractivity contribution in [2.45, 2.75) is 179 Å². The van der Waals surface area contributed by atoms with Crippen LogP contribution in [-0.4, -0.2) is 246 Å². The zero-order valence-corrected chi connectivity index (χ0v) is 62.1. The van der Waals surface area contributed by atoms with Crippen LogP contribution < -0.4 is 31.5 Å². The number of epoxide rings is 1. The Kier molecular flexibility index (Phi) is 27.1. The fourth-order valence-electron chi connectivity index (χ4n) is 13.6. The van der Waals surface area contributed by atoms with E-state index in [4.69, 9.17) is 4.74 Å². The van der Waals surface area contributed by atoms with E-state index in [0.717, 1.165) is 38.9 Å². The van der Waals surface area contributed by atoms with Gasteiger partial charge in [0, 0.05) is 99.7 Å². The Balaban J connectivity index is 1.14. The van der Waals surface area contributed by atoms with Crippen molar-refractivity contribution in [3.63, 3.8) is 0 Å². The molecule has 4 aromatic carbocycles. The Hall–Kier alpha value is -10.0. The van der Waals surface area contributed by atoms with Gasteiger partial charge in [-0.1, -0.05) is 137 Å². The molecule has 0 aromatic heterocycles. The average molecular weight is 1430 g/mol. The fourth-order valence-corrected chi connectivity index (χ4v) is 13.6. The first kappa shape index (κ1) is 79.6. The Morgan fingerprint density at radius 2 is 1.15 bits per heavy atom. The molecule has 1 spiro atoms. The fraction of sp³-hybridized carbons (Fsp3) is 0.519. The molecule has 4 aromatic rings. The number of hydrogen-bond donors (Lipinski definition) is 5. The Bertz CT molecular complexity index is 3780. The first-order valence-electron chi connectivity index (χ1n) is 35.9. The van der Waals surface area contributed by atoms with Crippen LogP contribution in [0.3, 0.4) is 0 Å². The van der Waals surface area contributed by atoms with Gasteiger partial charge in [-0.05, 0) is 86.6 Å². The zero-order chi connectivity index (χ0) is 76.0. The number of rotatable bonds is 15. The molecule has 3 fully saturated rings. The number of nitrogens with zero attached hydrogens (tertiary/aromatic N) is 8. The van der Waals surface area contributed by atoms with Gasteiger partial charge in [0.1, 0.15) is 60.5 Å². The molecule has 0 saturated carbocycles. The van der Waals surface area contributed by atoms with E-state index in [-0.39, 0.29) is 56.9 Å². The van der Waals surface area contributed by atoms with E-state index in [1.807, 2.05) is 19.9 Å². The van der Waals surface area contributed by atoms with E-state index < -0.39 is 156 Å². The zero-order valence-electron chi connectivity index (χ0n) is 62.1. The van der Waals surface area contributed by atoms with Crippen molar-refractivity contribution in [1.82, 2.24) is 60.9 Å². The molecule has 0 radical (unpaired) electrons. The summed E-state index contributed by atoms with van der Waals surface area (Å²) in [5.74, 6) is -10.1. The van der Waals surface area contributed by atoms with Crippen LogP contribution in [-0.2, 0) is 92.7 Å². The van der Waals surface area contributed by atoms with Gasteiger partial charge in [0.15, 0.2) is 0 Å². The van der Waals surface area contributed by atoms with Crippen molar-refractivity contribution >= 4 is 82.5 Å². The van der Waals surface area contributed by atoms with Gasteiger partial charge < -0.3 is 65.6 Å². The number of para-hydroxylation sites is 1. The summed E-state index contributed by atoms with van der Waals surface area (Å²) in [6.07, 6.45) is 0.357. The summed E-state index contributed by atoms with van der Waals surface area (Å²) < 4.78 is 5.90. The first-order chi connectivity index (χ1) is 49.3. The van der Waals surface area contributed by atoms with Crippen LogP contribution in [0.2, 0.25) is 0 Å². The van der Waals surface area contributed by atoms with Crippen LogP contribution in [0.4, 0.5) is 5.69 Å². The highest BCUT2D eigenvalue weighted by Crippen LogP contribution is 2.36. The normalized spacial score (nSPS) is 24.9. The van der Waals surface area contributed by atoms with Crippen LogP contribution in [0.15, 0.2) is 115 Å². The van der Waals surface area contributed by atoms with E-state index in [2.05, 4.69) is 26.6 Å². The molecule has 104 heavy (non-hydrogen) atoms. The number of hydrogen-bond acceptors (Lipinski definition) is 14. The number of benzene rings is 4. The number of fused-ring (bicyclic) bond motifs is 1. The minimum absolute atomic E-state index is 0.00735. The lowest BCUT2D eigenvalue weighted by atomic mass is 9.92. The highest BCUT2D eigenvalue weighted by atomic mass is 16.6. The number of anilines is 1. The van der Waals surface area contributed by atoms with Crippen molar-refractivity contribution in [2.24, 2.45) is 11.8 Å². The summed E-state index contributed by atoms with van der Waals surface area (Å²) in [5, 5.41) is 13.7. The summed E-state index contributed by atoms with van der Waals surface area (Å²) in [5.41, 5.74) is 0.734. The smallest absolute Gasteiger partial charge is 0.276 e. The molecule has 4 heterocycles. The second-order valence-electron chi connectivity index (χ2n) is 28.7. The van der Waals surface area contributed by atoms with Crippen molar-refractivity contribution < 1.29 is 67.1 Å². The molecular formula is C77H103N13O14. The number of carbonyl (C=O) groups is 13. The molecule has 5 unspecified atom stereocenters. The van der Waals surface area contributed by atoms with Crippen LogP contribution in [0.5, 0.6) is 0 Å². The maximum Gasteiger partial charge on any atom is 0.276 e. The van der Waals surface area contributed by atoms with Gasteiger partial charge in [-0.3, -0.25) is 67.2 Å². The van der Waals surface area contributed by atoms with Crippen LogP contribution in [0.1, 0.15) is 109 Å². The van der Waals surface area contributed by atoms with E-state index in [1.54, 1.807) is 135 Å². The van der Waals surface area contributed by atoms with Gasteiger partial charge >= 0.3 is 0 Å². The third-order valence-corrected chi connectivity index (χ3v) is 20.5. The molecule has 3 saturated heterocycles. The van der Waals surface area contributed by atoms with Gasteiger partial charge in [-0.2, -0.15) is 0 Å². The molecule has 27 nitrogen and oxygen atoms in total. The van der Waals surface area contributed by atoms with E-state index >= 15 is 24.0 Å². The summed E-state index contributed by atoms with van der Waals surface area (Å²) in [6.45, 7) is 11.8. The maximum atomic E-state index is 15.6. The molecule has 5 N–H and O–H groups in total. The van der Waals surface area contributed by atoms with Gasteiger partial charge in [-0.25, -0.2) is 0 Å². The highest BCUT2D eigenvalue weighted by Gasteiger charge is 2.63. The summed E-state index contributed by atoms with van der Waals surface area (Å²) in [7, 11) is 8.31. The number of likely N-dealkylation sites (N-methyl/N-ethyl adjacent to an activating group) is 5. The lowest BCUT2D eigenvalue weighted by molar-refractivity contribution is -0.150. The molecule has 4 aliphatic rings. The minimum Gasteiger partial charge on any atom is -0.345 e. The van der Waals surface area contributed by atoms with Crippen LogP contribution in [0.25, 0.3) is 0 Å². The number of nitrogens with one attached hydrogen (secondary N) is 5. The number of ether oxygens (including phenoxy) is 1. The van der Waals surface area contributed by atoms with Gasteiger partial charge in [0.05, 0.1) is 13.0 Å². The topological polar surface area (TPSA) is 321 Å². The van der Waals surface area contributed by atoms with Crippen LogP contribution in [0, 0.1) is 11.8 Å². The number of piperidine rings is 1. The van der Waals surface area contributed by atoms with Crippen LogP contribution >= 0.6 is 0 Å². The lowest BCUT2D eigenvalue weighted by Gasteiger charge is -2.42. The van der Waals surface area contributed by atoms with Gasteiger partial charge in [-0.15, -0.1) is 0 Å². The molecule has 4 aliphatic heterocycles. The number of carbonyl (C=O) groups excluding carboxylic acids is 13. The third kappa shape index (κ3) is 19.2. The average Bonchev–Trinajstić information content (AvgIpc) is 1.55. The second-order valence-corrected chi connectivity index (χ2v) is 28.7. The molecule has 560 valence electrons. The minimum atomic E-state index is -2.21. The Morgan fingerprint density at radius 3 is 1.73 bits per heavy atom. The molecule has 8 rings (SSSR count). The third-order valence-electron chi connectivity index (χ3n) is 20.5. The Labute approximate surface area is 609 Å². The molecular weight excluding hydrogens is 1330 g/mol. The molecule has 11 atom stereocenters. The van der Waals surface area contributed by atoms with E-state index in [0.29, 0.717) is 41.0 Å². The summed E-state index contributed by atoms with van der Waals surface area (Å²) >= 11 is 0. The first-order valence-corrected chi connectivity index (χ1v) is 35.9. The molecule has 0 aliphatic carbocycles. The maximum absolute atomic E-state index is 15.6. The molecule has 13 amide bonds. The quantitative estimate of drug-likeness (QED) is 0.107.